The number of unbranched alkanes of at least 4 members (excludes halogenated alkanes) is 1. The van der Waals surface area contributed by atoms with Crippen molar-refractivity contribution < 1.29 is 48.9 Å². The first kappa shape index (κ1) is 40.9. The normalized spacial score (nSPS) is 16.2. The van der Waals surface area contributed by atoms with E-state index < -0.39 is 78.2 Å². The van der Waals surface area contributed by atoms with E-state index in [0.29, 0.717) is 43.5 Å². The number of nitrogens with zero attached hydrogens (tertiary/aromatic N) is 2. The van der Waals surface area contributed by atoms with Gasteiger partial charge in [-0.25, -0.2) is 9.78 Å². The molecular weight excluding hydrogens is 682 g/mol. The number of phenolic OH excluding ortho intramolecular Hbond substituents is 1. The van der Waals surface area contributed by atoms with Gasteiger partial charge >= 0.3 is 11.9 Å². The number of H-pyrrole nitrogens is 1. The maximum Gasteiger partial charge on any atom is 0.326 e. The number of aliphatic carboxylic acids is 2. The average Bonchev–Trinajstić information content (AvgIpc) is 3.82. The smallest absolute Gasteiger partial charge is 0.326 e. The number of nitrogens with one attached hydrogen (secondary N) is 5. The molecular formula is C33H47N9O10. The zero-order valence-corrected chi connectivity index (χ0v) is 28.6. The van der Waals surface area contributed by atoms with Crippen molar-refractivity contribution in [3.63, 3.8) is 0 Å². The van der Waals surface area contributed by atoms with E-state index in [-0.39, 0.29) is 44.4 Å². The van der Waals surface area contributed by atoms with Crippen LogP contribution in [0.15, 0.2) is 36.8 Å². The van der Waals surface area contributed by atoms with Crippen LogP contribution in [0.1, 0.15) is 56.2 Å². The lowest BCUT2D eigenvalue weighted by Crippen LogP contribution is -2.58. The van der Waals surface area contributed by atoms with Crippen molar-refractivity contribution in [2.75, 3.05) is 19.6 Å². The number of aromatic hydroxyl groups is 1. The van der Waals surface area contributed by atoms with Crippen LogP contribution in [-0.2, 0) is 46.4 Å². The molecule has 1 aromatic carbocycles. The molecule has 19 heteroatoms. The van der Waals surface area contributed by atoms with Gasteiger partial charge in [0.15, 0.2) is 0 Å². The monoisotopic (exact) mass is 729 g/mol. The van der Waals surface area contributed by atoms with Crippen LogP contribution in [0.4, 0.5) is 0 Å². The lowest BCUT2D eigenvalue weighted by Gasteiger charge is -2.27. The van der Waals surface area contributed by atoms with Crippen LogP contribution in [0.25, 0.3) is 0 Å². The second-order valence-electron chi connectivity index (χ2n) is 12.5. The van der Waals surface area contributed by atoms with Crippen LogP contribution in [-0.4, -0.2) is 122 Å². The average molecular weight is 730 g/mol. The summed E-state index contributed by atoms with van der Waals surface area (Å²) in [5.41, 5.74) is 12.4. The Kier molecular flexibility index (Phi) is 16.0. The molecule has 5 amide bonds. The Hall–Kier alpha value is -5.56. The molecule has 1 aliphatic heterocycles. The number of rotatable bonds is 21. The second-order valence-corrected chi connectivity index (χ2v) is 12.5. The molecule has 12 N–H and O–H groups in total. The molecule has 0 saturated carbocycles. The molecule has 0 spiro atoms. The van der Waals surface area contributed by atoms with E-state index in [9.17, 15) is 43.8 Å². The van der Waals surface area contributed by atoms with Gasteiger partial charge < -0.3 is 57.9 Å². The molecule has 284 valence electrons. The van der Waals surface area contributed by atoms with E-state index in [1.165, 1.54) is 41.7 Å². The van der Waals surface area contributed by atoms with E-state index in [1.807, 2.05) is 0 Å². The number of carbonyl (C=O) groups is 7. The summed E-state index contributed by atoms with van der Waals surface area (Å²) in [7, 11) is 0. The predicted octanol–water partition coefficient (Wildman–Crippen LogP) is -2.13. The first-order chi connectivity index (χ1) is 24.8. The van der Waals surface area contributed by atoms with Crippen LogP contribution in [0.5, 0.6) is 5.75 Å². The van der Waals surface area contributed by atoms with Gasteiger partial charge in [0.2, 0.25) is 29.5 Å². The molecule has 1 fully saturated rings. The number of carbonyl (C=O) groups excluding carboxylic acids is 5. The van der Waals surface area contributed by atoms with Gasteiger partial charge in [-0.05, 0) is 62.8 Å². The van der Waals surface area contributed by atoms with Crippen LogP contribution < -0.4 is 32.7 Å². The zero-order chi connectivity index (χ0) is 38.2. The number of carboxylic acids is 2. The standard InChI is InChI=1S/C33H47N9O10/c34-12-2-1-4-23(33(51)52)40-30(48)25(15-20-16-36-18-38-20)41-29(47)24(14-19-6-8-21(43)9-7-19)39-27(44)17-37-31(49)26-5-3-13-42(26)32(50)22(35)10-11-28(45)46/h6-9,16,18,22-26,43H,1-5,10-15,17,34-35H2,(H,36,38)(H,37,49)(H,39,44)(H,40,48)(H,41,47)(H,45,46)(H,51,52)/t22-,23-,24-,25-,26-/m0/s1. The lowest BCUT2D eigenvalue weighted by atomic mass is 10.0. The fourth-order valence-electron chi connectivity index (χ4n) is 5.65. The number of carboxylic acid groups (broad SMARTS) is 2. The minimum absolute atomic E-state index is 0.0329. The van der Waals surface area contributed by atoms with Gasteiger partial charge in [0, 0.05) is 37.7 Å². The van der Waals surface area contributed by atoms with Crippen molar-refractivity contribution in [1.29, 1.82) is 0 Å². The number of hydrogen-bond donors (Lipinski definition) is 10. The number of aromatic nitrogens is 2. The Morgan fingerprint density at radius 2 is 1.60 bits per heavy atom. The summed E-state index contributed by atoms with van der Waals surface area (Å²) in [6, 6.07) is -0.0502. The van der Waals surface area contributed by atoms with Crippen LogP contribution in [0, 0.1) is 0 Å². The molecule has 1 aromatic heterocycles. The number of phenols is 1. The van der Waals surface area contributed by atoms with Crippen LogP contribution in [0.3, 0.4) is 0 Å². The first-order valence-corrected chi connectivity index (χ1v) is 16.9. The summed E-state index contributed by atoms with van der Waals surface area (Å²) in [6.07, 6.45) is 4.08. The quantitative estimate of drug-likeness (QED) is 0.0615. The number of benzene rings is 1. The Labute approximate surface area is 299 Å². The van der Waals surface area contributed by atoms with Gasteiger partial charge in [-0.15, -0.1) is 0 Å². The van der Waals surface area contributed by atoms with E-state index >= 15 is 0 Å². The molecule has 2 heterocycles. The van der Waals surface area contributed by atoms with Crippen molar-refractivity contribution in [2.24, 2.45) is 11.5 Å². The summed E-state index contributed by atoms with van der Waals surface area (Å²) >= 11 is 0. The maximum atomic E-state index is 13.8. The number of nitrogens with two attached hydrogens (primary N) is 2. The largest absolute Gasteiger partial charge is 0.508 e. The van der Waals surface area contributed by atoms with Gasteiger partial charge in [0.1, 0.15) is 29.9 Å². The SMILES string of the molecule is NCCCC[C@H](NC(=O)[C@H](Cc1cnc[nH]1)NC(=O)[C@H](Cc1ccc(O)cc1)NC(=O)CNC(=O)[C@@H]1CCCN1C(=O)[C@@H](N)CCC(=O)O)C(=O)O. The number of aromatic amines is 1. The van der Waals surface area contributed by atoms with Crippen molar-refractivity contribution in [1.82, 2.24) is 36.1 Å². The van der Waals surface area contributed by atoms with E-state index in [4.69, 9.17) is 16.6 Å². The molecule has 5 atom stereocenters. The molecule has 19 nitrogen and oxygen atoms in total. The third kappa shape index (κ3) is 13.0. The number of imidazole rings is 1. The van der Waals surface area contributed by atoms with Crippen molar-refractivity contribution in [3.05, 3.63) is 48.0 Å². The van der Waals surface area contributed by atoms with Crippen LogP contribution in [0.2, 0.25) is 0 Å². The Morgan fingerprint density at radius 3 is 2.21 bits per heavy atom. The number of likely N-dealkylation sites (tertiary alicyclic amines) is 1. The fraction of sp³-hybridized carbons (Fsp3) is 0.515. The highest BCUT2D eigenvalue weighted by Crippen LogP contribution is 2.19. The molecule has 1 aliphatic rings. The highest BCUT2D eigenvalue weighted by atomic mass is 16.4. The molecule has 1 saturated heterocycles. The molecule has 52 heavy (non-hydrogen) atoms. The second kappa shape index (κ2) is 20.3. The predicted molar refractivity (Wildman–Crippen MR) is 183 cm³/mol. The fourth-order valence-corrected chi connectivity index (χ4v) is 5.65. The van der Waals surface area contributed by atoms with Gasteiger partial charge in [-0.1, -0.05) is 12.1 Å². The summed E-state index contributed by atoms with van der Waals surface area (Å²) < 4.78 is 0. The summed E-state index contributed by atoms with van der Waals surface area (Å²) in [4.78, 5) is 97.0. The third-order valence-electron chi connectivity index (χ3n) is 8.45. The Morgan fingerprint density at radius 1 is 0.923 bits per heavy atom. The van der Waals surface area contributed by atoms with E-state index in [1.54, 1.807) is 0 Å². The highest BCUT2D eigenvalue weighted by molar-refractivity contribution is 5.95. The number of hydrogen-bond acceptors (Lipinski definition) is 11. The molecule has 0 radical (unpaired) electrons. The van der Waals surface area contributed by atoms with Gasteiger partial charge in [-0.2, -0.15) is 0 Å². The van der Waals surface area contributed by atoms with E-state index in [0.717, 1.165) is 0 Å². The maximum absolute atomic E-state index is 13.8. The Balaban J connectivity index is 1.72. The van der Waals surface area contributed by atoms with Crippen molar-refractivity contribution in [3.8, 4) is 5.75 Å². The van der Waals surface area contributed by atoms with Crippen LogP contribution >= 0.6 is 0 Å². The zero-order valence-electron chi connectivity index (χ0n) is 28.6. The molecule has 0 bridgehead atoms. The Bertz CT molecular complexity index is 1540. The van der Waals surface area contributed by atoms with Gasteiger partial charge in [0.25, 0.3) is 0 Å². The molecule has 2 aromatic rings. The van der Waals surface area contributed by atoms with Gasteiger partial charge in [0.05, 0.1) is 18.9 Å². The summed E-state index contributed by atoms with van der Waals surface area (Å²) in [5.74, 6) is -5.98. The molecule has 0 aliphatic carbocycles. The van der Waals surface area contributed by atoms with Crippen molar-refractivity contribution >= 4 is 41.5 Å². The van der Waals surface area contributed by atoms with E-state index in [2.05, 4.69) is 31.2 Å². The third-order valence-corrected chi connectivity index (χ3v) is 8.45. The first-order valence-electron chi connectivity index (χ1n) is 16.9. The van der Waals surface area contributed by atoms with Gasteiger partial charge in [-0.3, -0.25) is 28.8 Å². The minimum atomic E-state index is -1.30. The summed E-state index contributed by atoms with van der Waals surface area (Å²) in [6.45, 7) is -0.00386. The topological polar surface area (TPSA) is 312 Å². The minimum Gasteiger partial charge on any atom is -0.508 e. The summed E-state index contributed by atoms with van der Waals surface area (Å²) in [5, 5.41) is 38.4. The number of amides is 5. The van der Waals surface area contributed by atoms with Crippen molar-refractivity contribution in [2.45, 2.75) is 88.0 Å². The lowest BCUT2D eigenvalue weighted by molar-refractivity contribution is -0.142. The molecule has 3 rings (SSSR count). The molecule has 0 unspecified atom stereocenters. The highest BCUT2D eigenvalue weighted by Gasteiger charge is 2.36.